The van der Waals surface area contributed by atoms with Crippen molar-refractivity contribution in [2.45, 2.75) is 33.2 Å². The first kappa shape index (κ1) is 21.0. The van der Waals surface area contributed by atoms with Crippen molar-refractivity contribution in [2.24, 2.45) is 0 Å². The molecule has 0 atom stereocenters. The van der Waals surface area contributed by atoms with Crippen LogP contribution < -0.4 is 5.32 Å². The van der Waals surface area contributed by atoms with Crippen LogP contribution in [0, 0.1) is 0 Å². The number of hydrogen-bond donors (Lipinski definition) is 1. The highest BCUT2D eigenvalue weighted by molar-refractivity contribution is 6.06. The average Bonchev–Trinajstić information content (AvgIpc) is 3.17. The minimum absolute atomic E-state index is 0.0900. The summed E-state index contributed by atoms with van der Waals surface area (Å²) < 4.78 is 2.43. The Morgan fingerprint density at radius 3 is 2.30 bits per heavy atom. The third-order valence-corrected chi connectivity index (χ3v) is 6.45. The number of fused-ring (bicyclic) bond motifs is 2. The molecular weight excluding hydrogens is 404 g/mol. The Morgan fingerprint density at radius 1 is 0.818 bits per heavy atom. The van der Waals surface area contributed by atoms with Crippen LogP contribution in [0.1, 0.15) is 41.0 Å². The van der Waals surface area contributed by atoms with E-state index in [0.29, 0.717) is 5.56 Å². The average molecular weight is 433 g/mol. The third kappa shape index (κ3) is 4.03. The van der Waals surface area contributed by atoms with Crippen molar-refractivity contribution in [3.05, 3.63) is 113 Å². The van der Waals surface area contributed by atoms with E-state index in [1.807, 2.05) is 48.5 Å². The van der Waals surface area contributed by atoms with Gasteiger partial charge in [-0.1, -0.05) is 67.6 Å². The van der Waals surface area contributed by atoms with Crippen molar-refractivity contribution in [3.63, 3.8) is 0 Å². The summed E-state index contributed by atoms with van der Waals surface area (Å²) in [4.78, 5) is 12.8. The van der Waals surface area contributed by atoms with Gasteiger partial charge in [0.15, 0.2) is 0 Å². The second kappa shape index (κ2) is 8.95. The standard InChI is InChI=1S/C30H28N2O/c1-3-28-27(26-11-7-8-12-29(26)32(28)4-2)19-21-13-17-25(18-14-21)31-30(33)24-16-15-22-9-5-6-10-23(22)20-24/h5-18,20H,3-4,19H2,1-2H3,(H,31,33). The lowest BCUT2D eigenvalue weighted by molar-refractivity contribution is 0.102. The predicted molar refractivity (Wildman–Crippen MR) is 138 cm³/mol. The molecule has 4 aromatic carbocycles. The Bertz CT molecular complexity index is 1440. The Morgan fingerprint density at radius 2 is 1.55 bits per heavy atom. The van der Waals surface area contributed by atoms with Crippen LogP contribution in [0.5, 0.6) is 0 Å². The van der Waals surface area contributed by atoms with E-state index in [0.717, 1.165) is 35.8 Å². The van der Waals surface area contributed by atoms with Gasteiger partial charge in [-0.25, -0.2) is 0 Å². The van der Waals surface area contributed by atoms with Crippen LogP contribution >= 0.6 is 0 Å². The van der Waals surface area contributed by atoms with E-state index in [-0.39, 0.29) is 5.91 Å². The van der Waals surface area contributed by atoms with Crippen molar-refractivity contribution in [1.82, 2.24) is 4.57 Å². The summed E-state index contributed by atoms with van der Waals surface area (Å²) in [6.45, 7) is 5.42. The number of amides is 1. The molecule has 0 spiro atoms. The maximum atomic E-state index is 12.8. The Balaban J connectivity index is 1.36. The van der Waals surface area contributed by atoms with Crippen molar-refractivity contribution in [1.29, 1.82) is 0 Å². The van der Waals surface area contributed by atoms with Gasteiger partial charge >= 0.3 is 0 Å². The summed E-state index contributed by atoms with van der Waals surface area (Å²) in [6, 6.07) is 30.8. The molecule has 0 fully saturated rings. The first-order chi connectivity index (χ1) is 16.2. The molecule has 0 bridgehead atoms. The molecule has 0 aliphatic carbocycles. The maximum Gasteiger partial charge on any atom is 0.255 e. The van der Waals surface area contributed by atoms with Crippen molar-refractivity contribution < 1.29 is 4.79 Å². The summed E-state index contributed by atoms with van der Waals surface area (Å²) in [6.07, 6.45) is 1.90. The van der Waals surface area contributed by atoms with Crippen LogP contribution in [0.15, 0.2) is 91.0 Å². The van der Waals surface area contributed by atoms with Crippen molar-refractivity contribution in [2.75, 3.05) is 5.32 Å². The Hall–Kier alpha value is -3.85. The molecule has 1 amide bonds. The molecule has 0 saturated carbocycles. The van der Waals surface area contributed by atoms with Gasteiger partial charge in [0, 0.05) is 34.4 Å². The van der Waals surface area contributed by atoms with Crippen LogP contribution in [0.25, 0.3) is 21.7 Å². The Kier molecular flexibility index (Phi) is 5.70. The lowest BCUT2D eigenvalue weighted by atomic mass is 10.0. The lowest BCUT2D eigenvalue weighted by Gasteiger charge is -2.10. The third-order valence-electron chi connectivity index (χ3n) is 6.45. The fourth-order valence-electron chi connectivity index (χ4n) is 4.83. The van der Waals surface area contributed by atoms with Gasteiger partial charge in [0.2, 0.25) is 0 Å². The first-order valence-corrected chi connectivity index (χ1v) is 11.7. The predicted octanol–water partition coefficient (Wildman–Crippen LogP) is 7.22. The topological polar surface area (TPSA) is 34.0 Å². The van der Waals surface area contributed by atoms with Crippen molar-refractivity contribution in [3.8, 4) is 0 Å². The molecule has 1 heterocycles. The largest absolute Gasteiger partial charge is 0.345 e. The smallest absolute Gasteiger partial charge is 0.255 e. The molecule has 0 radical (unpaired) electrons. The summed E-state index contributed by atoms with van der Waals surface area (Å²) in [7, 11) is 0. The van der Waals surface area contributed by atoms with E-state index in [9.17, 15) is 4.79 Å². The second-order valence-corrected chi connectivity index (χ2v) is 8.43. The summed E-state index contributed by atoms with van der Waals surface area (Å²) in [5, 5.41) is 6.58. The molecule has 5 rings (SSSR count). The first-order valence-electron chi connectivity index (χ1n) is 11.7. The molecule has 33 heavy (non-hydrogen) atoms. The van der Waals surface area contributed by atoms with Crippen LogP contribution in [-0.4, -0.2) is 10.5 Å². The van der Waals surface area contributed by atoms with Gasteiger partial charge in [0.1, 0.15) is 0 Å². The minimum Gasteiger partial charge on any atom is -0.345 e. The molecule has 1 aromatic heterocycles. The molecule has 0 saturated heterocycles. The number of carbonyl (C=O) groups is 1. The number of para-hydroxylation sites is 1. The van der Waals surface area contributed by atoms with Gasteiger partial charge in [-0.2, -0.15) is 0 Å². The maximum absolute atomic E-state index is 12.8. The van der Waals surface area contributed by atoms with Crippen LogP contribution in [-0.2, 0) is 19.4 Å². The van der Waals surface area contributed by atoms with Gasteiger partial charge in [0.05, 0.1) is 0 Å². The van der Waals surface area contributed by atoms with Crippen LogP contribution in [0.2, 0.25) is 0 Å². The van der Waals surface area contributed by atoms with Crippen LogP contribution in [0.3, 0.4) is 0 Å². The molecule has 5 aromatic rings. The number of aromatic nitrogens is 1. The molecule has 3 nitrogen and oxygen atoms in total. The summed E-state index contributed by atoms with van der Waals surface area (Å²) >= 11 is 0. The van der Waals surface area contributed by atoms with Gasteiger partial charge in [-0.3, -0.25) is 4.79 Å². The fourth-order valence-corrected chi connectivity index (χ4v) is 4.83. The van der Waals surface area contributed by atoms with E-state index in [1.54, 1.807) is 0 Å². The zero-order valence-electron chi connectivity index (χ0n) is 19.1. The summed E-state index contributed by atoms with van der Waals surface area (Å²) in [5.41, 5.74) is 6.84. The zero-order chi connectivity index (χ0) is 22.8. The van der Waals surface area contributed by atoms with Crippen LogP contribution in [0.4, 0.5) is 5.69 Å². The fraction of sp³-hybridized carbons (Fsp3) is 0.167. The highest BCUT2D eigenvalue weighted by atomic mass is 16.1. The highest BCUT2D eigenvalue weighted by Crippen LogP contribution is 2.29. The molecule has 0 aliphatic rings. The quantitative estimate of drug-likeness (QED) is 0.302. The number of rotatable bonds is 6. The van der Waals surface area contributed by atoms with E-state index in [2.05, 4.69) is 66.2 Å². The lowest BCUT2D eigenvalue weighted by Crippen LogP contribution is -2.11. The molecule has 164 valence electrons. The van der Waals surface area contributed by atoms with E-state index in [4.69, 9.17) is 0 Å². The summed E-state index contributed by atoms with van der Waals surface area (Å²) in [5.74, 6) is -0.0900. The van der Waals surface area contributed by atoms with E-state index >= 15 is 0 Å². The number of carbonyl (C=O) groups excluding carboxylic acids is 1. The van der Waals surface area contributed by atoms with E-state index in [1.165, 1.54) is 27.7 Å². The molecule has 0 unspecified atom stereocenters. The number of aryl methyl sites for hydroxylation is 1. The van der Waals surface area contributed by atoms with Gasteiger partial charge in [-0.05, 0) is 72.0 Å². The molecule has 3 heteroatoms. The van der Waals surface area contributed by atoms with Gasteiger partial charge in [-0.15, -0.1) is 0 Å². The minimum atomic E-state index is -0.0900. The SMILES string of the molecule is CCc1c(Cc2ccc(NC(=O)c3ccc4ccccc4c3)cc2)c2ccccc2n1CC. The number of nitrogens with zero attached hydrogens (tertiary/aromatic N) is 1. The van der Waals surface area contributed by atoms with E-state index < -0.39 is 0 Å². The normalized spacial score (nSPS) is 11.2. The number of hydrogen-bond acceptors (Lipinski definition) is 1. The monoisotopic (exact) mass is 432 g/mol. The highest BCUT2D eigenvalue weighted by Gasteiger charge is 2.15. The molecular formula is C30H28N2O. The number of anilines is 1. The number of benzene rings is 4. The second-order valence-electron chi connectivity index (χ2n) is 8.43. The molecule has 0 aliphatic heterocycles. The Labute approximate surface area is 194 Å². The molecule has 1 N–H and O–H groups in total. The van der Waals surface area contributed by atoms with Gasteiger partial charge in [0.25, 0.3) is 5.91 Å². The van der Waals surface area contributed by atoms with Crippen molar-refractivity contribution >= 4 is 33.3 Å². The number of nitrogens with one attached hydrogen (secondary N) is 1. The van der Waals surface area contributed by atoms with Gasteiger partial charge < -0.3 is 9.88 Å². The zero-order valence-corrected chi connectivity index (χ0v) is 19.1.